The molecule has 0 fully saturated rings. The lowest BCUT2D eigenvalue weighted by Gasteiger charge is -2.09. The number of amides is 1. The quantitative estimate of drug-likeness (QED) is 0.755. The molecule has 0 saturated heterocycles. The molecule has 0 atom stereocenters. The van der Waals surface area contributed by atoms with Crippen molar-refractivity contribution in [1.29, 1.82) is 0 Å². The van der Waals surface area contributed by atoms with Crippen molar-refractivity contribution in [1.82, 2.24) is 15.0 Å². The minimum absolute atomic E-state index is 0.267. The molecule has 3 rings (SSSR count). The van der Waals surface area contributed by atoms with Crippen LogP contribution in [0.2, 0.25) is 0 Å². The Labute approximate surface area is 140 Å². The normalized spacial score (nSPS) is 10.2. The molecule has 0 saturated carbocycles. The van der Waals surface area contributed by atoms with Gasteiger partial charge in [0.05, 0.1) is 0 Å². The third-order valence-corrected chi connectivity index (χ3v) is 3.29. The molecule has 1 aromatic carbocycles. The molecule has 6 heteroatoms. The van der Waals surface area contributed by atoms with Crippen LogP contribution in [-0.2, 0) is 6.54 Å². The molecule has 2 aromatic heterocycles. The molecular weight excluding hydrogens is 302 g/mol. The number of hydrogen-bond donors (Lipinski definition) is 2. The molecule has 6 nitrogen and oxygen atoms in total. The van der Waals surface area contributed by atoms with Crippen LogP contribution in [0.5, 0.6) is 0 Å². The van der Waals surface area contributed by atoms with Gasteiger partial charge >= 0.3 is 0 Å². The average molecular weight is 319 g/mol. The van der Waals surface area contributed by atoms with Gasteiger partial charge in [0.1, 0.15) is 5.69 Å². The second-order valence-corrected chi connectivity index (χ2v) is 5.25. The molecule has 0 aliphatic rings. The number of rotatable bonds is 5. The van der Waals surface area contributed by atoms with Gasteiger partial charge in [-0.05, 0) is 36.8 Å². The van der Waals surface area contributed by atoms with Crippen molar-refractivity contribution >= 4 is 17.5 Å². The maximum Gasteiger partial charge on any atom is 0.274 e. The predicted molar refractivity (Wildman–Crippen MR) is 92.7 cm³/mol. The number of benzene rings is 1. The number of carbonyl (C=O) groups excluding carboxylic acids is 1. The zero-order valence-corrected chi connectivity index (χ0v) is 13.2. The fraction of sp³-hybridized carbons (Fsp3) is 0.111. The second kappa shape index (κ2) is 7.32. The number of nitrogens with zero attached hydrogens (tertiary/aromatic N) is 3. The Kier molecular flexibility index (Phi) is 4.76. The molecule has 2 N–H and O–H groups in total. The summed E-state index contributed by atoms with van der Waals surface area (Å²) < 4.78 is 0. The Morgan fingerprint density at radius 3 is 2.67 bits per heavy atom. The molecule has 0 bridgehead atoms. The molecule has 2 heterocycles. The molecule has 0 unspecified atom stereocenters. The van der Waals surface area contributed by atoms with Crippen LogP contribution >= 0.6 is 0 Å². The van der Waals surface area contributed by atoms with E-state index < -0.39 is 0 Å². The summed E-state index contributed by atoms with van der Waals surface area (Å²) in [6, 6.07) is 14.8. The SMILES string of the molecule is Cc1cc(C(=O)Nc2ccccc2)nc(NCc2cccnc2)n1. The highest BCUT2D eigenvalue weighted by molar-refractivity contribution is 6.03. The van der Waals surface area contributed by atoms with E-state index in [2.05, 4.69) is 25.6 Å². The highest BCUT2D eigenvalue weighted by Crippen LogP contribution is 2.10. The molecule has 0 spiro atoms. The molecule has 0 aliphatic heterocycles. The van der Waals surface area contributed by atoms with Crippen LogP contribution in [0, 0.1) is 6.92 Å². The Bertz CT molecular complexity index is 821. The molecule has 1 amide bonds. The van der Waals surface area contributed by atoms with Gasteiger partial charge in [0.15, 0.2) is 0 Å². The first-order valence-corrected chi connectivity index (χ1v) is 7.55. The molecule has 3 aromatic rings. The van der Waals surface area contributed by atoms with Gasteiger partial charge in [-0.2, -0.15) is 0 Å². The molecule has 120 valence electrons. The van der Waals surface area contributed by atoms with Crippen molar-refractivity contribution in [3.05, 3.63) is 77.9 Å². The maximum atomic E-state index is 12.4. The van der Waals surface area contributed by atoms with Gasteiger partial charge in [0.25, 0.3) is 5.91 Å². The summed E-state index contributed by atoms with van der Waals surface area (Å²) in [5.74, 6) is 0.146. The van der Waals surface area contributed by atoms with Crippen LogP contribution in [0.3, 0.4) is 0 Å². The number of para-hydroxylation sites is 1. The van der Waals surface area contributed by atoms with Gasteiger partial charge in [0, 0.05) is 30.3 Å². The van der Waals surface area contributed by atoms with E-state index in [0.717, 1.165) is 16.9 Å². The van der Waals surface area contributed by atoms with Crippen LogP contribution in [0.25, 0.3) is 0 Å². The van der Waals surface area contributed by atoms with Gasteiger partial charge < -0.3 is 10.6 Å². The zero-order valence-electron chi connectivity index (χ0n) is 13.2. The number of aryl methyl sites for hydroxylation is 1. The van der Waals surface area contributed by atoms with Crippen LogP contribution in [0.15, 0.2) is 60.9 Å². The third kappa shape index (κ3) is 4.13. The average Bonchev–Trinajstić information content (AvgIpc) is 2.61. The summed E-state index contributed by atoms with van der Waals surface area (Å²) >= 11 is 0. The Hall–Kier alpha value is -3.28. The first kappa shape index (κ1) is 15.6. The maximum absolute atomic E-state index is 12.4. The highest BCUT2D eigenvalue weighted by Gasteiger charge is 2.11. The summed E-state index contributed by atoms with van der Waals surface area (Å²) in [5, 5.41) is 5.94. The summed E-state index contributed by atoms with van der Waals surface area (Å²) in [5.41, 5.74) is 2.78. The lowest BCUT2D eigenvalue weighted by atomic mass is 10.3. The molecule has 0 aliphatic carbocycles. The monoisotopic (exact) mass is 319 g/mol. The largest absolute Gasteiger partial charge is 0.350 e. The Morgan fingerprint density at radius 2 is 1.92 bits per heavy atom. The van der Waals surface area contributed by atoms with Gasteiger partial charge in [-0.3, -0.25) is 9.78 Å². The van der Waals surface area contributed by atoms with E-state index in [4.69, 9.17) is 0 Å². The van der Waals surface area contributed by atoms with E-state index in [1.807, 2.05) is 49.4 Å². The van der Waals surface area contributed by atoms with Gasteiger partial charge in [0.2, 0.25) is 5.95 Å². The topological polar surface area (TPSA) is 79.8 Å². The number of hydrogen-bond acceptors (Lipinski definition) is 5. The van der Waals surface area contributed by atoms with E-state index in [1.54, 1.807) is 18.5 Å². The zero-order chi connectivity index (χ0) is 16.8. The number of anilines is 2. The summed E-state index contributed by atoms with van der Waals surface area (Å²) in [6.07, 6.45) is 3.49. The summed E-state index contributed by atoms with van der Waals surface area (Å²) in [4.78, 5) is 25.0. The second-order valence-electron chi connectivity index (χ2n) is 5.25. The van der Waals surface area contributed by atoms with Crippen LogP contribution < -0.4 is 10.6 Å². The van der Waals surface area contributed by atoms with Crippen LogP contribution in [0.1, 0.15) is 21.7 Å². The van der Waals surface area contributed by atoms with E-state index >= 15 is 0 Å². The lowest BCUT2D eigenvalue weighted by Crippen LogP contribution is -2.16. The Balaban J connectivity index is 1.72. The minimum Gasteiger partial charge on any atom is -0.350 e. The van der Waals surface area contributed by atoms with Crippen molar-refractivity contribution in [2.24, 2.45) is 0 Å². The first-order valence-electron chi connectivity index (χ1n) is 7.55. The highest BCUT2D eigenvalue weighted by atomic mass is 16.1. The van der Waals surface area contributed by atoms with Crippen molar-refractivity contribution < 1.29 is 4.79 Å². The van der Waals surface area contributed by atoms with Crippen molar-refractivity contribution in [3.63, 3.8) is 0 Å². The minimum atomic E-state index is -0.267. The Morgan fingerprint density at radius 1 is 1.08 bits per heavy atom. The third-order valence-electron chi connectivity index (χ3n) is 3.29. The summed E-state index contributed by atoms with van der Waals surface area (Å²) in [7, 11) is 0. The summed E-state index contributed by atoms with van der Waals surface area (Å²) in [6.45, 7) is 2.37. The van der Waals surface area contributed by atoms with E-state index in [0.29, 0.717) is 18.2 Å². The lowest BCUT2D eigenvalue weighted by molar-refractivity contribution is 0.102. The number of carbonyl (C=O) groups is 1. The van der Waals surface area contributed by atoms with Crippen LogP contribution in [0.4, 0.5) is 11.6 Å². The fourth-order valence-electron chi connectivity index (χ4n) is 2.16. The van der Waals surface area contributed by atoms with E-state index in [1.165, 1.54) is 0 Å². The number of aromatic nitrogens is 3. The van der Waals surface area contributed by atoms with Gasteiger partial charge in [-0.15, -0.1) is 0 Å². The number of pyridine rings is 1. The molecule has 24 heavy (non-hydrogen) atoms. The van der Waals surface area contributed by atoms with Gasteiger partial charge in [-0.1, -0.05) is 24.3 Å². The predicted octanol–water partition coefficient (Wildman–Crippen LogP) is 3.04. The van der Waals surface area contributed by atoms with E-state index in [9.17, 15) is 4.79 Å². The fourth-order valence-corrected chi connectivity index (χ4v) is 2.16. The molecular formula is C18H17N5O. The smallest absolute Gasteiger partial charge is 0.274 e. The van der Waals surface area contributed by atoms with E-state index in [-0.39, 0.29) is 5.91 Å². The number of nitrogens with one attached hydrogen (secondary N) is 2. The standard InChI is InChI=1S/C18H17N5O/c1-13-10-16(17(24)22-15-7-3-2-4-8-15)23-18(21-13)20-12-14-6-5-9-19-11-14/h2-11H,12H2,1H3,(H,22,24)(H,20,21,23). The van der Waals surface area contributed by atoms with Crippen molar-refractivity contribution in [3.8, 4) is 0 Å². The van der Waals surface area contributed by atoms with Gasteiger partial charge in [-0.25, -0.2) is 9.97 Å². The first-order chi connectivity index (χ1) is 11.7. The van der Waals surface area contributed by atoms with Crippen molar-refractivity contribution in [2.45, 2.75) is 13.5 Å². The molecule has 0 radical (unpaired) electrons. The van der Waals surface area contributed by atoms with Crippen LogP contribution in [-0.4, -0.2) is 20.9 Å². The van der Waals surface area contributed by atoms with Crippen molar-refractivity contribution in [2.75, 3.05) is 10.6 Å².